The number of H-pyrrole nitrogens is 1. The monoisotopic (exact) mass is 144 g/mol. The van der Waals surface area contributed by atoms with E-state index in [1.807, 2.05) is 0 Å². The van der Waals surface area contributed by atoms with Crippen molar-refractivity contribution in [2.45, 2.75) is 0 Å². The number of hydrogen-bond donors (Lipinski definition) is 2. The molecule has 0 aliphatic heterocycles. The number of aromatic amines is 1. The fourth-order valence-electron chi connectivity index (χ4n) is 0.416. The molecule has 0 saturated heterocycles. The molecule has 1 heterocycles. The number of aromatic nitrogens is 2. The molecule has 2 N–H and O–H groups in total. The lowest BCUT2D eigenvalue weighted by Crippen LogP contribution is -2.17. The molecule has 0 bridgehead atoms. The zero-order chi connectivity index (χ0) is 6.85. The van der Waals surface area contributed by atoms with E-state index in [1.54, 1.807) is 0 Å². The summed E-state index contributed by atoms with van der Waals surface area (Å²) in [5.41, 5.74) is -0.529. The van der Waals surface area contributed by atoms with Crippen LogP contribution in [0.3, 0.4) is 0 Å². The Bertz CT molecular complexity index is 285. The molecule has 0 aliphatic rings. The Balaban J connectivity index is 3.62. The average molecular weight is 144 g/mol. The summed E-state index contributed by atoms with van der Waals surface area (Å²) in [7, 11) is 0. The van der Waals surface area contributed by atoms with Gasteiger partial charge in [0, 0.05) is 12.3 Å². The molecule has 48 valence electrons. The molecule has 9 heavy (non-hydrogen) atoms. The largest absolute Gasteiger partial charge is 0.423 e. The van der Waals surface area contributed by atoms with Gasteiger partial charge in [0.25, 0.3) is 5.56 Å². The van der Waals surface area contributed by atoms with E-state index in [0.717, 1.165) is 0 Å². The van der Waals surface area contributed by atoms with Gasteiger partial charge in [-0.3, -0.25) is 4.79 Å². The highest BCUT2D eigenvalue weighted by molar-refractivity contribution is 7.71. The second-order valence-corrected chi connectivity index (χ2v) is 1.82. The van der Waals surface area contributed by atoms with E-state index >= 15 is 0 Å². The van der Waals surface area contributed by atoms with Crippen molar-refractivity contribution < 1.29 is 5.21 Å². The minimum atomic E-state index is -0.529. The van der Waals surface area contributed by atoms with E-state index < -0.39 is 5.56 Å². The Morgan fingerprint density at radius 3 is 2.89 bits per heavy atom. The topological polar surface area (TPSA) is 58.0 Å². The van der Waals surface area contributed by atoms with Crippen molar-refractivity contribution in [3.8, 4) is 0 Å². The second kappa shape index (κ2) is 2.02. The first-order valence-corrected chi connectivity index (χ1v) is 2.62. The summed E-state index contributed by atoms with van der Waals surface area (Å²) in [6.07, 6.45) is 1.37. The predicted molar refractivity (Wildman–Crippen MR) is 33.1 cm³/mol. The van der Waals surface area contributed by atoms with Gasteiger partial charge >= 0.3 is 0 Å². The Labute approximate surface area is 55.3 Å². The van der Waals surface area contributed by atoms with Crippen LogP contribution in [0.15, 0.2) is 17.1 Å². The third kappa shape index (κ3) is 0.996. The molecule has 0 aliphatic carbocycles. The minimum Gasteiger partial charge on any atom is -0.423 e. The predicted octanol–water partition coefficient (Wildman–Crippen LogP) is 0.143. The van der Waals surface area contributed by atoms with Crippen LogP contribution in [-0.4, -0.2) is 14.9 Å². The molecule has 4 nitrogen and oxygen atoms in total. The van der Waals surface area contributed by atoms with Crippen LogP contribution in [0.4, 0.5) is 0 Å². The zero-order valence-corrected chi connectivity index (χ0v) is 5.18. The second-order valence-electron chi connectivity index (χ2n) is 1.43. The molecule has 0 spiro atoms. The van der Waals surface area contributed by atoms with Gasteiger partial charge in [0.05, 0.1) is 0 Å². The van der Waals surface area contributed by atoms with Crippen LogP contribution in [0.2, 0.25) is 0 Å². The smallest absolute Gasteiger partial charge is 0.287 e. The van der Waals surface area contributed by atoms with E-state index in [4.69, 9.17) is 5.21 Å². The average Bonchev–Trinajstić information content (AvgIpc) is 1.83. The van der Waals surface area contributed by atoms with Crippen molar-refractivity contribution in [2.75, 3.05) is 0 Å². The van der Waals surface area contributed by atoms with Crippen LogP contribution >= 0.6 is 12.2 Å². The molecule has 0 aromatic carbocycles. The van der Waals surface area contributed by atoms with Crippen LogP contribution in [0.5, 0.6) is 0 Å². The molecule has 0 amide bonds. The van der Waals surface area contributed by atoms with E-state index in [-0.39, 0.29) is 4.77 Å². The third-order valence-corrected chi connectivity index (χ3v) is 1.12. The van der Waals surface area contributed by atoms with Gasteiger partial charge in [-0.05, 0) is 12.2 Å². The van der Waals surface area contributed by atoms with Gasteiger partial charge in [0.2, 0.25) is 4.77 Å². The van der Waals surface area contributed by atoms with Crippen molar-refractivity contribution in [2.24, 2.45) is 0 Å². The Morgan fingerprint density at radius 2 is 2.44 bits per heavy atom. The maximum Gasteiger partial charge on any atom is 0.287 e. The summed E-state index contributed by atoms with van der Waals surface area (Å²) in [5.74, 6) is 0. The lowest BCUT2D eigenvalue weighted by Gasteiger charge is -1.90. The number of nitrogens with zero attached hydrogens (tertiary/aromatic N) is 1. The summed E-state index contributed by atoms with van der Waals surface area (Å²) < 4.78 is 0.373. The highest BCUT2D eigenvalue weighted by Gasteiger charge is 1.88. The quantitative estimate of drug-likeness (QED) is 0.402. The first-order chi connectivity index (χ1) is 4.22. The third-order valence-electron chi connectivity index (χ3n) is 0.834. The summed E-state index contributed by atoms with van der Waals surface area (Å²) in [4.78, 5) is 12.9. The Hall–Kier alpha value is -1.10. The number of rotatable bonds is 0. The minimum absolute atomic E-state index is 0.00231. The van der Waals surface area contributed by atoms with Gasteiger partial charge in [0.15, 0.2) is 0 Å². The number of nitrogens with one attached hydrogen (secondary N) is 1. The van der Waals surface area contributed by atoms with Gasteiger partial charge in [0.1, 0.15) is 0 Å². The van der Waals surface area contributed by atoms with E-state index in [2.05, 4.69) is 17.2 Å². The van der Waals surface area contributed by atoms with Crippen LogP contribution in [0.1, 0.15) is 0 Å². The van der Waals surface area contributed by atoms with Gasteiger partial charge in [-0.25, -0.2) is 0 Å². The molecule has 5 heteroatoms. The maximum absolute atomic E-state index is 10.5. The van der Waals surface area contributed by atoms with Crippen molar-refractivity contribution in [3.63, 3.8) is 0 Å². The van der Waals surface area contributed by atoms with Crippen molar-refractivity contribution >= 4 is 12.2 Å². The standard InChI is InChI=1S/C4H4N2O2S/c7-3-1-2-5-4(9)6(3)8/h1-2,8H,(H,5,9). The summed E-state index contributed by atoms with van der Waals surface area (Å²) in [5, 5.41) is 8.68. The van der Waals surface area contributed by atoms with E-state index in [9.17, 15) is 4.79 Å². The summed E-state index contributed by atoms with van der Waals surface area (Å²) in [6.45, 7) is 0. The van der Waals surface area contributed by atoms with Crippen molar-refractivity contribution in [1.82, 2.24) is 9.71 Å². The van der Waals surface area contributed by atoms with Gasteiger partial charge in [-0.2, -0.15) is 0 Å². The highest BCUT2D eigenvalue weighted by Crippen LogP contribution is 1.73. The first-order valence-electron chi connectivity index (χ1n) is 2.22. The van der Waals surface area contributed by atoms with Crippen LogP contribution in [0.25, 0.3) is 0 Å². The summed E-state index contributed by atoms with van der Waals surface area (Å²) in [6, 6.07) is 1.18. The van der Waals surface area contributed by atoms with E-state index in [1.165, 1.54) is 12.3 Å². The zero-order valence-electron chi connectivity index (χ0n) is 4.37. The molecule has 0 fully saturated rings. The van der Waals surface area contributed by atoms with Crippen LogP contribution in [-0.2, 0) is 0 Å². The molecule has 1 aromatic heterocycles. The summed E-state index contributed by atoms with van der Waals surface area (Å²) >= 11 is 4.50. The molecular formula is C4H4N2O2S. The first kappa shape index (κ1) is 6.03. The van der Waals surface area contributed by atoms with E-state index in [0.29, 0.717) is 4.73 Å². The normalized spacial score (nSPS) is 9.33. The number of hydrogen-bond acceptors (Lipinski definition) is 3. The lowest BCUT2D eigenvalue weighted by atomic mass is 10.7. The molecular weight excluding hydrogens is 140 g/mol. The fourth-order valence-corrected chi connectivity index (χ4v) is 0.574. The van der Waals surface area contributed by atoms with Gasteiger partial charge < -0.3 is 10.2 Å². The van der Waals surface area contributed by atoms with Crippen molar-refractivity contribution in [3.05, 3.63) is 27.4 Å². The molecule has 0 saturated carbocycles. The maximum atomic E-state index is 10.5. The highest BCUT2D eigenvalue weighted by atomic mass is 32.1. The molecule has 0 unspecified atom stereocenters. The molecule has 0 atom stereocenters. The molecule has 0 radical (unpaired) electrons. The Morgan fingerprint density at radius 1 is 1.78 bits per heavy atom. The van der Waals surface area contributed by atoms with Crippen LogP contribution < -0.4 is 5.56 Å². The van der Waals surface area contributed by atoms with Gasteiger partial charge in [-0.15, -0.1) is 4.73 Å². The lowest BCUT2D eigenvalue weighted by molar-refractivity contribution is 0.166. The Kier molecular flexibility index (Phi) is 1.35. The molecule has 1 rings (SSSR count). The van der Waals surface area contributed by atoms with Gasteiger partial charge in [-0.1, -0.05) is 0 Å². The SMILES string of the molecule is O=c1cc[nH]c(=S)n1O. The van der Waals surface area contributed by atoms with Crippen molar-refractivity contribution in [1.29, 1.82) is 0 Å². The molecule has 1 aromatic rings. The van der Waals surface area contributed by atoms with Crippen LogP contribution in [0, 0.1) is 4.77 Å². The fraction of sp³-hybridized carbons (Fsp3) is 0.